The van der Waals surface area contributed by atoms with E-state index < -0.39 is 10.8 Å². The molecule has 2 aromatic carbocycles. The zero-order valence-corrected chi connectivity index (χ0v) is 14.4. The molecule has 0 spiro atoms. The molecule has 0 atom stereocenters. The van der Waals surface area contributed by atoms with Crippen LogP contribution >= 0.6 is 23.2 Å². The molecule has 0 unspecified atom stereocenters. The molecule has 0 heterocycles. The van der Waals surface area contributed by atoms with Crippen LogP contribution in [0.25, 0.3) is 0 Å². The number of carbonyl (C=O) groups is 1. The van der Waals surface area contributed by atoms with Gasteiger partial charge in [-0.15, -0.1) is 0 Å². The summed E-state index contributed by atoms with van der Waals surface area (Å²) in [7, 11) is 0. The summed E-state index contributed by atoms with van der Waals surface area (Å²) in [4.78, 5) is 22.6. The van der Waals surface area contributed by atoms with Crippen LogP contribution in [0, 0.1) is 17.0 Å². The number of halogens is 2. The van der Waals surface area contributed by atoms with Crippen molar-refractivity contribution in [2.24, 2.45) is 5.10 Å². The fourth-order valence-electron chi connectivity index (χ4n) is 1.96. The molecule has 24 heavy (non-hydrogen) atoms. The first kappa shape index (κ1) is 17.9. The maximum atomic E-state index is 12.1. The fourth-order valence-corrected chi connectivity index (χ4v) is 2.46. The predicted molar refractivity (Wildman–Crippen MR) is 94.0 cm³/mol. The van der Waals surface area contributed by atoms with E-state index in [0.717, 1.165) is 0 Å². The highest BCUT2D eigenvalue weighted by atomic mass is 35.5. The summed E-state index contributed by atoms with van der Waals surface area (Å²) >= 11 is 11.7. The molecule has 0 aromatic heterocycles. The highest BCUT2D eigenvalue weighted by Gasteiger charge is 2.13. The van der Waals surface area contributed by atoms with Crippen molar-refractivity contribution >= 4 is 40.5 Å². The summed E-state index contributed by atoms with van der Waals surface area (Å²) in [6.45, 7) is 3.29. The van der Waals surface area contributed by atoms with Gasteiger partial charge >= 0.3 is 0 Å². The SMILES string of the molecule is C/C(=N\NC(=O)c1ccc(Cl)cc1Cl)c1ccc(C)c([N+](=O)[O-])c1. The van der Waals surface area contributed by atoms with Crippen molar-refractivity contribution in [1.29, 1.82) is 0 Å². The lowest BCUT2D eigenvalue weighted by Crippen LogP contribution is -2.19. The van der Waals surface area contributed by atoms with Crippen molar-refractivity contribution < 1.29 is 9.72 Å². The van der Waals surface area contributed by atoms with Gasteiger partial charge in [0, 0.05) is 22.2 Å². The van der Waals surface area contributed by atoms with Crippen molar-refractivity contribution in [3.63, 3.8) is 0 Å². The zero-order valence-electron chi connectivity index (χ0n) is 12.8. The lowest BCUT2D eigenvalue weighted by Gasteiger charge is -2.06. The average molecular weight is 366 g/mol. The first-order valence-electron chi connectivity index (χ1n) is 6.84. The Bertz CT molecular complexity index is 850. The van der Waals surface area contributed by atoms with Crippen LogP contribution in [-0.4, -0.2) is 16.5 Å². The largest absolute Gasteiger partial charge is 0.272 e. The number of carbonyl (C=O) groups excluding carboxylic acids is 1. The minimum absolute atomic E-state index is 0.00544. The molecule has 1 N–H and O–H groups in total. The summed E-state index contributed by atoms with van der Waals surface area (Å²) in [6, 6.07) is 9.23. The molecular formula is C16H13Cl2N3O3. The normalized spacial score (nSPS) is 11.2. The predicted octanol–water partition coefficient (Wildman–Crippen LogP) is 4.36. The Morgan fingerprint density at radius 1 is 1.21 bits per heavy atom. The van der Waals surface area contributed by atoms with Gasteiger partial charge in [-0.2, -0.15) is 5.10 Å². The molecule has 1 amide bonds. The molecule has 0 radical (unpaired) electrons. The van der Waals surface area contributed by atoms with Gasteiger partial charge in [0.2, 0.25) is 0 Å². The molecule has 0 saturated heterocycles. The highest BCUT2D eigenvalue weighted by molar-refractivity contribution is 6.36. The van der Waals surface area contributed by atoms with Gasteiger partial charge in [-0.05, 0) is 32.0 Å². The van der Waals surface area contributed by atoms with Crippen LogP contribution in [0.5, 0.6) is 0 Å². The van der Waals surface area contributed by atoms with Gasteiger partial charge in [0.15, 0.2) is 0 Å². The van der Waals surface area contributed by atoms with Crippen LogP contribution in [0.1, 0.15) is 28.4 Å². The maximum absolute atomic E-state index is 12.1. The number of amides is 1. The third-order valence-corrected chi connectivity index (χ3v) is 3.87. The second kappa shape index (κ2) is 7.42. The third kappa shape index (κ3) is 4.10. The lowest BCUT2D eigenvalue weighted by atomic mass is 10.1. The van der Waals surface area contributed by atoms with E-state index in [1.165, 1.54) is 18.2 Å². The summed E-state index contributed by atoms with van der Waals surface area (Å²) in [5, 5.41) is 15.6. The number of hydrogen-bond donors (Lipinski definition) is 1. The Kier molecular flexibility index (Phi) is 5.54. The summed E-state index contributed by atoms with van der Waals surface area (Å²) in [6.07, 6.45) is 0. The second-order valence-corrected chi connectivity index (χ2v) is 5.86. The molecule has 0 bridgehead atoms. The van der Waals surface area contributed by atoms with Crippen molar-refractivity contribution in [3.8, 4) is 0 Å². The molecule has 8 heteroatoms. The van der Waals surface area contributed by atoms with Gasteiger partial charge in [-0.25, -0.2) is 5.43 Å². The molecule has 0 aliphatic carbocycles. The Balaban J connectivity index is 2.21. The Hall–Kier alpha value is -2.44. The van der Waals surface area contributed by atoms with Gasteiger partial charge < -0.3 is 0 Å². The number of hydrazone groups is 1. The molecule has 0 fully saturated rings. The Morgan fingerprint density at radius 2 is 1.92 bits per heavy atom. The van der Waals surface area contributed by atoms with E-state index in [4.69, 9.17) is 23.2 Å². The van der Waals surface area contributed by atoms with E-state index in [2.05, 4.69) is 10.5 Å². The van der Waals surface area contributed by atoms with E-state index in [0.29, 0.717) is 21.9 Å². The smallest absolute Gasteiger partial charge is 0.267 e. The number of hydrogen-bond acceptors (Lipinski definition) is 4. The Labute approximate surface area is 148 Å². The van der Waals surface area contributed by atoms with Crippen LogP contribution in [0.2, 0.25) is 10.0 Å². The van der Waals surface area contributed by atoms with Crippen LogP contribution in [0.3, 0.4) is 0 Å². The van der Waals surface area contributed by atoms with Crippen molar-refractivity contribution in [3.05, 3.63) is 73.2 Å². The topological polar surface area (TPSA) is 84.6 Å². The van der Waals surface area contributed by atoms with Crippen molar-refractivity contribution in [2.45, 2.75) is 13.8 Å². The van der Waals surface area contributed by atoms with Gasteiger partial charge in [0.05, 0.1) is 21.2 Å². The standard InChI is InChI=1S/C16H13Cl2N3O3/c1-9-3-4-11(7-15(9)21(23)24)10(2)19-20-16(22)13-6-5-12(17)8-14(13)18/h3-8H,1-2H3,(H,20,22)/b19-10+. The minimum Gasteiger partial charge on any atom is -0.267 e. The van der Waals surface area contributed by atoms with Gasteiger partial charge in [0.25, 0.3) is 11.6 Å². The van der Waals surface area contributed by atoms with Crippen molar-refractivity contribution in [1.82, 2.24) is 5.43 Å². The van der Waals surface area contributed by atoms with E-state index in [1.807, 2.05) is 0 Å². The second-order valence-electron chi connectivity index (χ2n) is 5.02. The van der Waals surface area contributed by atoms with Gasteiger partial charge in [-0.1, -0.05) is 35.3 Å². The molecule has 2 rings (SSSR count). The zero-order chi connectivity index (χ0) is 17.9. The highest BCUT2D eigenvalue weighted by Crippen LogP contribution is 2.21. The van der Waals surface area contributed by atoms with E-state index in [9.17, 15) is 14.9 Å². The minimum atomic E-state index is -0.502. The number of nitro groups is 1. The number of nitro benzene ring substituents is 1. The van der Waals surface area contributed by atoms with Crippen LogP contribution in [0.15, 0.2) is 41.5 Å². The lowest BCUT2D eigenvalue weighted by molar-refractivity contribution is -0.385. The third-order valence-electron chi connectivity index (χ3n) is 3.32. The molecule has 0 saturated carbocycles. The first-order valence-corrected chi connectivity index (χ1v) is 7.60. The summed E-state index contributed by atoms with van der Waals surface area (Å²) < 4.78 is 0. The molecule has 6 nitrogen and oxygen atoms in total. The first-order chi connectivity index (χ1) is 11.3. The van der Waals surface area contributed by atoms with Gasteiger partial charge in [0.1, 0.15) is 0 Å². The Morgan fingerprint density at radius 3 is 2.54 bits per heavy atom. The molecule has 0 aliphatic heterocycles. The average Bonchev–Trinajstić information content (AvgIpc) is 2.52. The van der Waals surface area contributed by atoms with E-state index >= 15 is 0 Å². The quantitative estimate of drug-likeness (QED) is 0.496. The van der Waals surface area contributed by atoms with Crippen LogP contribution in [-0.2, 0) is 0 Å². The number of benzene rings is 2. The van der Waals surface area contributed by atoms with Crippen molar-refractivity contribution in [2.75, 3.05) is 0 Å². The summed E-state index contributed by atoms with van der Waals surface area (Å²) in [5.41, 5.74) is 4.11. The molecular weight excluding hydrogens is 353 g/mol. The molecule has 0 aliphatic rings. The number of nitrogens with one attached hydrogen (secondary N) is 1. The van der Waals surface area contributed by atoms with E-state index in [-0.39, 0.29) is 16.3 Å². The van der Waals surface area contributed by atoms with Crippen LogP contribution < -0.4 is 5.43 Å². The van der Waals surface area contributed by atoms with E-state index in [1.54, 1.807) is 32.0 Å². The number of aryl methyl sites for hydroxylation is 1. The molecule has 124 valence electrons. The number of rotatable bonds is 4. The van der Waals surface area contributed by atoms with Gasteiger partial charge in [-0.3, -0.25) is 14.9 Å². The molecule has 2 aromatic rings. The van der Waals surface area contributed by atoms with Crippen LogP contribution in [0.4, 0.5) is 5.69 Å². The maximum Gasteiger partial charge on any atom is 0.272 e. The fraction of sp³-hybridized carbons (Fsp3) is 0.125. The number of nitrogens with zero attached hydrogens (tertiary/aromatic N) is 2. The monoisotopic (exact) mass is 365 g/mol. The summed E-state index contributed by atoms with van der Waals surface area (Å²) in [5.74, 6) is -0.502.